The van der Waals surface area contributed by atoms with Crippen LogP contribution in [0.15, 0.2) is 16.8 Å². The fourth-order valence-electron chi connectivity index (χ4n) is 2.98. The number of likely N-dealkylation sites (tertiary alicyclic amines) is 1. The van der Waals surface area contributed by atoms with Gasteiger partial charge < -0.3 is 10.1 Å². The number of esters is 1. The van der Waals surface area contributed by atoms with E-state index < -0.39 is 0 Å². The van der Waals surface area contributed by atoms with Crippen molar-refractivity contribution >= 4 is 23.2 Å². The van der Waals surface area contributed by atoms with Crippen LogP contribution in [-0.2, 0) is 9.53 Å². The number of nitrogens with one attached hydrogen (secondary N) is 1. The Morgan fingerprint density at radius 3 is 2.70 bits per heavy atom. The lowest BCUT2D eigenvalue weighted by molar-refractivity contribution is -0.150. The Kier molecular flexibility index (Phi) is 7.05. The van der Waals surface area contributed by atoms with Gasteiger partial charge in [-0.15, -0.1) is 0 Å². The number of carbonyl (C=O) groups is 2. The molecule has 1 aliphatic rings. The van der Waals surface area contributed by atoms with E-state index in [4.69, 9.17) is 4.74 Å². The van der Waals surface area contributed by atoms with Gasteiger partial charge in [0, 0.05) is 30.1 Å². The van der Waals surface area contributed by atoms with Crippen molar-refractivity contribution in [3.05, 3.63) is 22.4 Å². The summed E-state index contributed by atoms with van der Waals surface area (Å²) in [5.74, 6) is -0.115. The van der Waals surface area contributed by atoms with E-state index in [-0.39, 0.29) is 24.0 Å². The number of rotatable bonds is 7. The number of nitrogens with zero attached hydrogens (tertiary/aromatic N) is 1. The first-order valence-corrected chi connectivity index (χ1v) is 9.33. The molecule has 0 bridgehead atoms. The van der Waals surface area contributed by atoms with Gasteiger partial charge in [0.05, 0.1) is 6.61 Å². The number of hydrogen-bond acceptors (Lipinski definition) is 5. The highest BCUT2D eigenvalue weighted by atomic mass is 32.1. The van der Waals surface area contributed by atoms with Crippen LogP contribution in [-0.4, -0.2) is 48.6 Å². The predicted molar refractivity (Wildman–Crippen MR) is 91.7 cm³/mol. The van der Waals surface area contributed by atoms with E-state index in [1.54, 1.807) is 0 Å². The summed E-state index contributed by atoms with van der Waals surface area (Å²) in [6.07, 6.45) is 3.52. The number of ether oxygens (including phenoxy) is 1. The van der Waals surface area contributed by atoms with E-state index in [0.717, 1.165) is 44.3 Å². The van der Waals surface area contributed by atoms with Crippen molar-refractivity contribution in [3.63, 3.8) is 0 Å². The van der Waals surface area contributed by atoms with Gasteiger partial charge in [-0.25, -0.2) is 0 Å². The Morgan fingerprint density at radius 2 is 2.13 bits per heavy atom. The molecule has 1 aromatic rings. The van der Waals surface area contributed by atoms with Crippen molar-refractivity contribution in [3.8, 4) is 0 Å². The third-order valence-corrected chi connectivity index (χ3v) is 4.89. The lowest BCUT2D eigenvalue weighted by Gasteiger charge is -2.36. The van der Waals surface area contributed by atoms with Crippen molar-refractivity contribution in [2.24, 2.45) is 0 Å². The molecule has 0 unspecified atom stereocenters. The van der Waals surface area contributed by atoms with Gasteiger partial charge in [-0.05, 0) is 37.6 Å². The van der Waals surface area contributed by atoms with Crippen LogP contribution < -0.4 is 5.32 Å². The van der Waals surface area contributed by atoms with Crippen LogP contribution in [0.4, 0.5) is 0 Å². The van der Waals surface area contributed by atoms with Crippen LogP contribution in [0.5, 0.6) is 0 Å². The van der Waals surface area contributed by atoms with Gasteiger partial charge in [0.15, 0.2) is 0 Å². The van der Waals surface area contributed by atoms with Gasteiger partial charge in [0.2, 0.25) is 0 Å². The standard InChI is InChI=1S/C17H26N2O3S/c1-3-5-15(17(21)22-4-2)19-9-6-14(7-10-19)18-16(20)13-8-11-23-12-13/h8,11-12,14-15H,3-7,9-10H2,1-2H3,(H,18,20)/t15-/m1/s1. The molecule has 1 atom stereocenters. The second kappa shape index (κ2) is 9.03. The van der Waals surface area contributed by atoms with E-state index in [1.165, 1.54) is 11.3 Å². The SMILES string of the molecule is CCC[C@H](C(=O)OCC)N1CCC(NC(=O)c2ccsc2)CC1. The second-order valence-corrected chi connectivity index (χ2v) is 6.63. The maximum Gasteiger partial charge on any atom is 0.323 e. The largest absolute Gasteiger partial charge is 0.465 e. The summed E-state index contributed by atoms with van der Waals surface area (Å²) < 4.78 is 5.20. The van der Waals surface area contributed by atoms with Crippen LogP contribution in [0.25, 0.3) is 0 Å². The molecule has 1 N–H and O–H groups in total. The summed E-state index contributed by atoms with van der Waals surface area (Å²) in [6.45, 7) is 5.98. The highest BCUT2D eigenvalue weighted by Gasteiger charge is 2.30. The summed E-state index contributed by atoms with van der Waals surface area (Å²) in [6, 6.07) is 1.88. The molecule has 0 aromatic carbocycles. The van der Waals surface area contributed by atoms with Gasteiger partial charge in [-0.2, -0.15) is 11.3 Å². The minimum atomic E-state index is -0.145. The Balaban J connectivity index is 1.84. The van der Waals surface area contributed by atoms with Crippen LogP contribution in [0.1, 0.15) is 49.9 Å². The molecule has 1 aromatic heterocycles. The molecule has 0 aliphatic carbocycles. The summed E-state index contributed by atoms with van der Waals surface area (Å²) in [7, 11) is 0. The number of carbonyl (C=O) groups excluding carboxylic acids is 2. The molecule has 1 fully saturated rings. The normalized spacial score (nSPS) is 17.7. The molecule has 1 saturated heterocycles. The Morgan fingerprint density at radius 1 is 1.39 bits per heavy atom. The predicted octanol–water partition coefficient (Wildman–Crippen LogP) is 2.67. The fraction of sp³-hybridized carbons (Fsp3) is 0.647. The molecule has 6 heteroatoms. The molecule has 128 valence electrons. The molecular weight excluding hydrogens is 312 g/mol. The van der Waals surface area contributed by atoms with Crippen LogP contribution >= 0.6 is 11.3 Å². The highest BCUT2D eigenvalue weighted by Crippen LogP contribution is 2.18. The Bertz CT molecular complexity index is 496. The van der Waals surface area contributed by atoms with E-state index in [9.17, 15) is 9.59 Å². The minimum Gasteiger partial charge on any atom is -0.465 e. The molecule has 2 heterocycles. The van der Waals surface area contributed by atoms with Crippen LogP contribution in [0, 0.1) is 0 Å². The zero-order valence-electron chi connectivity index (χ0n) is 13.9. The zero-order chi connectivity index (χ0) is 16.7. The van der Waals surface area contributed by atoms with Gasteiger partial charge in [-0.3, -0.25) is 14.5 Å². The number of amides is 1. The van der Waals surface area contributed by atoms with E-state index in [2.05, 4.69) is 17.1 Å². The van der Waals surface area contributed by atoms with E-state index >= 15 is 0 Å². The van der Waals surface area contributed by atoms with Gasteiger partial charge in [0.25, 0.3) is 5.91 Å². The summed E-state index contributed by atoms with van der Waals surface area (Å²) >= 11 is 1.53. The van der Waals surface area contributed by atoms with Crippen molar-refractivity contribution in [1.82, 2.24) is 10.2 Å². The smallest absolute Gasteiger partial charge is 0.323 e. The van der Waals surface area contributed by atoms with Crippen molar-refractivity contribution in [2.75, 3.05) is 19.7 Å². The lowest BCUT2D eigenvalue weighted by atomic mass is 10.0. The number of hydrogen-bond donors (Lipinski definition) is 1. The molecule has 0 saturated carbocycles. The van der Waals surface area contributed by atoms with Gasteiger partial charge in [-0.1, -0.05) is 13.3 Å². The van der Waals surface area contributed by atoms with Crippen molar-refractivity contribution in [1.29, 1.82) is 0 Å². The molecule has 23 heavy (non-hydrogen) atoms. The summed E-state index contributed by atoms with van der Waals surface area (Å²) in [5.41, 5.74) is 0.729. The average Bonchev–Trinajstić information content (AvgIpc) is 3.08. The fourth-order valence-corrected chi connectivity index (χ4v) is 3.62. The summed E-state index contributed by atoms with van der Waals surface area (Å²) in [4.78, 5) is 26.4. The van der Waals surface area contributed by atoms with Crippen LogP contribution in [0.3, 0.4) is 0 Å². The molecule has 0 spiro atoms. The van der Waals surface area contributed by atoms with E-state index in [0.29, 0.717) is 6.61 Å². The molecule has 5 nitrogen and oxygen atoms in total. The third-order valence-electron chi connectivity index (χ3n) is 4.21. The zero-order valence-corrected chi connectivity index (χ0v) is 14.7. The van der Waals surface area contributed by atoms with Crippen LogP contribution in [0.2, 0.25) is 0 Å². The topological polar surface area (TPSA) is 58.6 Å². The average molecular weight is 338 g/mol. The second-order valence-electron chi connectivity index (χ2n) is 5.85. The third kappa shape index (κ3) is 5.04. The van der Waals surface area contributed by atoms with Crippen molar-refractivity contribution in [2.45, 2.75) is 51.6 Å². The monoisotopic (exact) mass is 338 g/mol. The highest BCUT2D eigenvalue weighted by molar-refractivity contribution is 7.08. The van der Waals surface area contributed by atoms with Crippen molar-refractivity contribution < 1.29 is 14.3 Å². The quantitative estimate of drug-likeness (QED) is 0.777. The van der Waals surface area contributed by atoms with Gasteiger partial charge >= 0.3 is 5.97 Å². The first-order valence-electron chi connectivity index (χ1n) is 8.39. The Labute approximate surface area is 142 Å². The lowest BCUT2D eigenvalue weighted by Crippen LogP contribution is -2.50. The first kappa shape index (κ1) is 17.9. The van der Waals surface area contributed by atoms with Gasteiger partial charge in [0.1, 0.15) is 6.04 Å². The summed E-state index contributed by atoms with van der Waals surface area (Å²) in [5, 5.41) is 6.86. The Hall–Kier alpha value is -1.40. The molecule has 1 aliphatic heterocycles. The molecule has 0 radical (unpaired) electrons. The first-order chi connectivity index (χ1) is 11.2. The molecule has 2 rings (SSSR count). The number of thiophene rings is 1. The maximum absolute atomic E-state index is 12.1. The minimum absolute atomic E-state index is 0.000186. The molecular formula is C17H26N2O3S. The maximum atomic E-state index is 12.1. The van der Waals surface area contributed by atoms with E-state index in [1.807, 2.05) is 23.8 Å². The number of piperidine rings is 1. The molecule has 1 amide bonds.